The van der Waals surface area contributed by atoms with Crippen LogP contribution in [0.25, 0.3) is 6.08 Å². The van der Waals surface area contributed by atoms with Crippen molar-refractivity contribution in [1.82, 2.24) is 15.1 Å². The summed E-state index contributed by atoms with van der Waals surface area (Å²) in [6.45, 7) is 1.28. The average Bonchev–Trinajstić information content (AvgIpc) is 3.03. The van der Waals surface area contributed by atoms with E-state index in [1.54, 1.807) is 29.1 Å². The number of nitrogens with one attached hydrogen (secondary N) is 1. The van der Waals surface area contributed by atoms with Crippen LogP contribution in [0.2, 0.25) is 0 Å². The van der Waals surface area contributed by atoms with Gasteiger partial charge in [0.05, 0.1) is 4.92 Å². The van der Waals surface area contributed by atoms with Gasteiger partial charge in [-0.15, -0.1) is 0 Å². The molecule has 1 N–H and O–H groups in total. The predicted octanol–water partition coefficient (Wildman–Crippen LogP) is 2.01. The third-order valence-electron chi connectivity index (χ3n) is 2.93. The van der Waals surface area contributed by atoms with E-state index >= 15 is 0 Å². The van der Waals surface area contributed by atoms with E-state index in [0.29, 0.717) is 12.1 Å². The lowest BCUT2D eigenvalue weighted by molar-refractivity contribution is -0.384. The normalized spacial score (nSPS) is 10.7. The van der Waals surface area contributed by atoms with Gasteiger partial charge in [0.15, 0.2) is 0 Å². The molecule has 1 heterocycles. The summed E-state index contributed by atoms with van der Waals surface area (Å²) in [7, 11) is 0. The average molecular weight is 300 g/mol. The van der Waals surface area contributed by atoms with Crippen LogP contribution in [0, 0.1) is 10.1 Å². The Labute approximate surface area is 127 Å². The highest BCUT2D eigenvalue weighted by Gasteiger charge is 2.04. The van der Waals surface area contributed by atoms with Gasteiger partial charge in [0, 0.05) is 43.7 Å². The molecule has 7 nitrogen and oxygen atoms in total. The van der Waals surface area contributed by atoms with E-state index in [0.717, 1.165) is 13.0 Å². The molecule has 2 rings (SSSR count). The molecule has 114 valence electrons. The topological polar surface area (TPSA) is 90.1 Å². The first-order valence-corrected chi connectivity index (χ1v) is 6.83. The zero-order valence-corrected chi connectivity index (χ0v) is 11.9. The highest BCUT2D eigenvalue weighted by Crippen LogP contribution is 2.13. The van der Waals surface area contributed by atoms with Crippen molar-refractivity contribution in [2.45, 2.75) is 13.0 Å². The van der Waals surface area contributed by atoms with Crippen LogP contribution in [0.4, 0.5) is 5.69 Å². The molecule has 1 amide bonds. The van der Waals surface area contributed by atoms with Crippen LogP contribution in [0.1, 0.15) is 12.0 Å². The van der Waals surface area contributed by atoms with Crippen LogP contribution < -0.4 is 5.32 Å². The number of hydrogen-bond acceptors (Lipinski definition) is 4. The molecule has 0 unspecified atom stereocenters. The number of non-ortho nitro benzene ring substituents is 1. The number of nitrogens with zero attached hydrogens (tertiary/aromatic N) is 3. The van der Waals surface area contributed by atoms with Gasteiger partial charge < -0.3 is 5.32 Å². The quantitative estimate of drug-likeness (QED) is 0.366. The molecule has 0 atom stereocenters. The first-order chi connectivity index (χ1) is 10.6. The Morgan fingerprint density at radius 2 is 2.27 bits per heavy atom. The van der Waals surface area contributed by atoms with Gasteiger partial charge in [0.2, 0.25) is 5.91 Å². The fourth-order valence-electron chi connectivity index (χ4n) is 1.86. The number of nitro groups is 1. The van der Waals surface area contributed by atoms with E-state index in [4.69, 9.17) is 0 Å². The Bertz CT molecular complexity index is 665. The molecule has 0 saturated heterocycles. The summed E-state index contributed by atoms with van der Waals surface area (Å²) < 4.78 is 1.80. The Kier molecular flexibility index (Phi) is 5.42. The molecule has 0 radical (unpaired) electrons. The van der Waals surface area contributed by atoms with Crippen LogP contribution in [0.5, 0.6) is 0 Å². The number of aromatic nitrogens is 2. The van der Waals surface area contributed by atoms with Gasteiger partial charge in [-0.25, -0.2) is 0 Å². The summed E-state index contributed by atoms with van der Waals surface area (Å²) in [6, 6.07) is 7.96. The van der Waals surface area contributed by atoms with Crippen LogP contribution in [0.3, 0.4) is 0 Å². The molecule has 0 saturated carbocycles. The second kappa shape index (κ2) is 7.72. The summed E-state index contributed by atoms with van der Waals surface area (Å²) in [6.07, 6.45) is 7.27. The summed E-state index contributed by atoms with van der Waals surface area (Å²) in [5.41, 5.74) is 0.614. The zero-order chi connectivity index (χ0) is 15.8. The van der Waals surface area contributed by atoms with E-state index in [9.17, 15) is 14.9 Å². The Hall–Kier alpha value is -2.96. The minimum atomic E-state index is -0.466. The van der Waals surface area contributed by atoms with E-state index in [1.165, 1.54) is 18.2 Å². The summed E-state index contributed by atoms with van der Waals surface area (Å²) >= 11 is 0. The number of nitro benzene ring substituents is 1. The molecule has 7 heteroatoms. The maximum Gasteiger partial charge on any atom is 0.270 e. The van der Waals surface area contributed by atoms with E-state index in [2.05, 4.69) is 10.4 Å². The lowest BCUT2D eigenvalue weighted by atomic mass is 10.2. The molecule has 0 aliphatic carbocycles. The molecule has 0 bridgehead atoms. The number of rotatable bonds is 7. The molecule has 1 aromatic heterocycles. The Morgan fingerprint density at radius 3 is 3.00 bits per heavy atom. The highest BCUT2D eigenvalue weighted by atomic mass is 16.6. The fraction of sp³-hybridized carbons (Fsp3) is 0.200. The predicted molar refractivity (Wildman–Crippen MR) is 82.0 cm³/mol. The summed E-state index contributed by atoms with van der Waals surface area (Å²) in [4.78, 5) is 21.8. The molecule has 22 heavy (non-hydrogen) atoms. The fourth-order valence-corrected chi connectivity index (χ4v) is 1.86. The first-order valence-electron chi connectivity index (χ1n) is 6.83. The van der Waals surface area contributed by atoms with Crippen molar-refractivity contribution >= 4 is 17.7 Å². The summed E-state index contributed by atoms with van der Waals surface area (Å²) in [5.74, 6) is -0.230. The molecule has 0 aliphatic rings. The number of aryl methyl sites for hydroxylation is 1. The van der Waals surface area contributed by atoms with Crippen molar-refractivity contribution in [1.29, 1.82) is 0 Å². The number of hydrogen-bond donors (Lipinski definition) is 1. The lowest BCUT2D eigenvalue weighted by Gasteiger charge is -2.02. The molecule has 1 aromatic carbocycles. The second-order valence-electron chi connectivity index (χ2n) is 4.60. The van der Waals surface area contributed by atoms with Gasteiger partial charge in [-0.3, -0.25) is 19.6 Å². The Morgan fingerprint density at radius 1 is 1.41 bits per heavy atom. The number of amides is 1. The van der Waals surface area contributed by atoms with Crippen molar-refractivity contribution in [2.75, 3.05) is 6.54 Å². The number of carbonyl (C=O) groups excluding carboxylic acids is 1. The number of benzene rings is 1. The monoisotopic (exact) mass is 300 g/mol. The molecule has 0 spiro atoms. The van der Waals surface area contributed by atoms with Crippen molar-refractivity contribution < 1.29 is 9.72 Å². The van der Waals surface area contributed by atoms with Gasteiger partial charge in [0.1, 0.15) is 0 Å². The minimum Gasteiger partial charge on any atom is -0.352 e. The zero-order valence-electron chi connectivity index (χ0n) is 11.9. The van der Waals surface area contributed by atoms with Gasteiger partial charge in [-0.1, -0.05) is 12.1 Å². The Balaban J connectivity index is 1.76. The maximum atomic E-state index is 11.6. The van der Waals surface area contributed by atoms with Gasteiger partial charge in [0.25, 0.3) is 5.69 Å². The molecule has 0 fully saturated rings. The molecular formula is C15H16N4O3. The first kappa shape index (κ1) is 15.4. The van der Waals surface area contributed by atoms with Crippen molar-refractivity contribution in [3.63, 3.8) is 0 Å². The van der Waals surface area contributed by atoms with Crippen molar-refractivity contribution in [2.24, 2.45) is 0 Å². The summed E-state index contributed by atoms with van der Waals surface area (Å²) in [5, 5.41) is 17.5. The van der Waals surface area contributed by atoms with Crippen LogP contribution in [-0.4, -0.2) is 27.2 Å². The molecular weight excluding hydrogens is 284 g/mol. The van der Waals surface area contributed by atoms with Crippen LogP contribution in [0.15, 0.2) is 48.8 Å². The lowest BCUT2D eigenvalue weighted by Crippen LogP contribution is -2.23. The van der Waals surface area contributed by atoms with Crippen LogP contribution >= 0.6 is 0 Å². The SMILES string of the molecule is O=C(/C=C/c1cccc([N+](=O)[O-])c1)NCCCn1cccn1. The van der Waals surface area contributed by atoms with E-state index in [1.807, 2.05) is 12.3 Å². The minimum absolute atomic E-state index is 0.00165. The smallest absolute Gasteiger partial charge is 0.270 e. The van der Waals surface area contributed by atoms with E-state index in [-0.39, 0.29) is 11.6 Å². The van der Waals surface area contributed by atoms with E-state index < -0.39 is 4.92 Å². The van der Waals surface area contributed by atoms with Crippen LogP contribution in [-0.2, 0) is 11.3 Å². The maximum absolute atomic E-state index is 11.6. The third-order valence-corrected chi connectivity index (χ3v) is 2.93. The van der Waals surface area contributed by atoms with Gasteiger partial charge >= 0.3 is 0 Å². The highest BCUT2D eigenvalue weighted by molar-refractivity contribution is 5.91. The van der Waals surface area contributed by atoms with Gasteiger partial charge in [-0.05, 0) is 24.1 Å². The third kappa shape index (κ3) is 4.86. The largest absolute Gasteiger partial charge is 0.352 e. The van der Waals surface area contributed by atoms with Gasteiger partial charge in [-0.2, -0.15) is 5.10 Å². The number of carbonyl (C=O) groups is 1. The second-order valence-corrected chi connectivity index (χ2v) is 4.60. The molecule has 0 aliphatic heterocycles. The van der Waals surface area contributed by atoms with Crippen molar-refractivity contribution in [3.05, 3.63) is 64.5 Å². The standard InChI is InChI=1S/C15H16N4O3/c20-15(16-8-2-10-18-11-3-9-17-18)7-6-13-4-1-5-14(12-13)19(21)22/h1,3-7,9,11-12H,2,8,10H2,(H,16,20)/b7-6+. The van der Waals surface area contributed by atoms with Crippen molar-refractivity contribution in [3.8, 4) is 0 Å². The molecule has 2 aromatic rings.